The van der Waals surface area contributed by atoms with Gasteiger partial charge >= 0.3 is 0 Å². The molecule has 3 aromatic rings. The summed E-state index contributed by atoms with van der Waals surface area (Å²) in [6.45, 7) is 1.78. The first-order valence-electron chi connectivity index (χ1n) is 9.79. The van der Waals surface area contributed by atoms with Crippen molar-refractivity contribution < 1.29 is 22.4 Å². The van der Waals surface area contributed by atoms with E-state index in [4.69, 9.17) is 4.42 Å². The predicted octanol–water partition coefficient (Wildman–Crippen LogP) is 3.53. The Bertz CT molecular complexity index is 1170. The van der Waals surface area contributed by atoms with Crippen LogP contribution in [0.1, 0.15) is 28.6 Å². The van der Waals surface area contributed by atoms with E-state index in [1.807, 2.05) is 25.1 Å². The van der Waals surface area contributed by atoms with Gasteiger partial charge in [-0.05, 0) is 36.2 Å². The van der Waals surface area contributed by atoms with Gasteiger partial charge in [0, 0.05) is 18.3 Å². The molecule has 0 aliphatic rings. The summed E-state index contributed by atoms with van der Waals surface area (Å²) in [6, 6.07) is 16.9. The van der Waals surface area contributed by atoms with Gasteiger partial charge in [0.15, 0.2) is 15.6 Å². The molecule has 2 amide bonds. The third kappa shape index (κ3) is 5.40. The summed E-state index contributed by atoms with van der Waals surface area (Å²) in [6.07, 6.45) is 2.03. The van der Waals surface area contributed by atoms with Crippen LogP contribution in [0.4, 0.5) is 5.69 Å². The van der Waals surface area contributed by atoms with Gasteiger partial charge in [-0.2, -0.15) is 0 Å². The number of aryl methyl sites for hydroxylation is 1. The van der Waals surface area contributed by atoms with Crippen molar-refractivity contribution in [3.05, 3.63) is 83.8 Å². The summed E-state index contributed by atoms with van der Waals surface area (Å²) in [5, 5.41) is 2.81. The molecule has 0 saturated carbocycles. The molecule has 8 heteroatoms. The summed E-state index contributed by atoms with van der Waals surface area (Å²) in [7, 11) is -2.18. The fourth-order valence-electron chi connectivity index (χ4n) is 3.15. The van der Waals surface area contributed by atoms with E-state index in [1.165, 1.54) is 36.4 Å². The molecule has 1 heterocycles. The predicted molar refractivity (Wildman–Crippen MR) is 117 cm³/mol. The minimum atomic E-state index is -3.65. The van der Waals surface area contributed by atoms with E-state index in [2.05, 4.69) is 5.32 Å². The van der Waals surface area contributed by atoms with Crippen LogP contribution in [-0.2, 0) is 26.8 Å². The topological polar surface area (TPSA) is 96.7 Å². The van der Waals surface area contributed by atoms with Crippen molar-refractivity contribution in [1.29, 1.82) is 0 Å². The van der Waals surface area contributed by atoms with E-state index in [9.17, 15) is 18.0 Å². The highest BCUT2D eigenvalue weighted by molar-refractivity contribution is 7.90. The third-order valence-corrected chi connectivity index (χ3v) is 6.47. The van der Waals surface area contributed by atoms with Gasteiger partial charge in [0.1, 0.15) is 0 Å². The normalized spacial score (nSPS) is 11.2. The lowest BCUT2D eigenvalue weighted by molar-refractivity contribution is -0.116. The first-order chi connectivity index (χ1) is 14.8. The molecule has 3 rings (SSSR count). The SMILES string of the molecule is CCc1ccccc1NC(=O)CN(C)C(=O)c1occc1CS(=O)(=O)c1ccccc1. The Morgan fingerprint density at radius 1 is 0.968 bits per heavy atom. The maximum atomic E-state index is 12.8. The van der Waals surface area contributed by atoms with E-state index >= 15 is 0 Å². The van der Waals surface area contributed by atoms with Crippen molar-refractivity contribution in [2.24, 2.45) is 0 Å². The van der Waals surface area contributed by atoms with Crippen molar-refractivity contribution in [1.82, 2.24) is 4.90 Å². The fourth-order valence-corrected chi connectivity index (χ4v) is 4.53. The van der Waals surface area contributed by atoms with Crippen LogP contribution < -0.4 is 5.32 Å². The summed E-state index contributed by atoms with van der Waals surface area (Å²) in [5.74, 6) is -1.40. The van der Waals surface area contributed by atoms with Gasteiger partial charge in [-0.15, -0.1) is 0 Å². The largest absolute Gasteiger partial charge is 0.459 e. The number of carbonyl (C=O) groups excluding carboxylic acids is 2. The molecule has 2 aromatic carbocycles. The molecule has 0 atom stereocenters. The molecular weight excluding hydrogens is 416 g/mol. The van der Waals surface area contributed by atoms with Crippen LogP contribution in [0.2, 0.25) is 0 Å². The van der Waals surface area contributed by atoms with Gasteiger partial charge < -0.3 is 14.6 Å². The number of anilines is 1. The highest BCUT2D eigenvalue weighted by Crippen LogP contribution is 2.21. The highest BCUT2D eigenvalue weighted by Gasteiger charge is 2.25. The van der Waals surface area contributed by atoms with Crippen LogP contribution in [0.25, 0.3) is 0 Å². The molecule has 1 N–H and O–H groups in total. The van der Waals surface area contributed by atoms with Gasteiger partial charge in [0.25, 0.3) is 5.91 Å². The van der Waals surface area contributed by atoms with Gasteiger partial charge in [-0.1, -0.05) is 43.3 Å². The van der Waals surface area contributed by atoms with Crippen LogP contribution in [0, 0.1) is 0 Å². The van der Waals surface area contributed by atoms with Gasteiger partial charge in [0.05, 0.1) is 23.5 Å². The molecule has 0 spiro atoms. The number of para-hydroxylation sites is 1. The number of hydrogen-bond donors (Lipinski definition) is 1. The zero-order valence-electron chi connectivity index (χ0n) is 17.4. The molecular formula is C23H24N2O5S. The Kier molecular flexibility index (Phi) is 6.91. The Morgan fingerprint density at radius 2 is 1.65 bits per heavy atom. The summed E-state index contributed by atoms with van der Waals surface area (Å²) < 4.78 is 30.6. The fraction of sp³-hybridized carbons (Fsp3) is 0.217. The van der Waals surface area contributed by atoms with Crippen molar-refractivity contribution in [2.75, 3.05) is 18.9 Å². The first kappa shape index (κ1) is 22.3. The number of amides is 2. The summed E-state index contributed by atoms with van der Waals surface area (Å²) >= 11 is 0. The molecule has 0 aliphatic heterocycles. The summed E-state index contributed by atoms with van der Waals surface area (Å²) in [4.78, 5) is 26.6. The molecule has 7 nitrogen and oxygen atoms in total. The molecule has 0 aliphatic carbocycles. The average molecular weight is 441 g/mol. The molecule has 0 saturated heterocycles. The van der Waals surface area contributed by atoms with Gasteiger partial charge in [-0.3, -0.25) is 9.59 Å². The number of rotatable bonds is 8. The number of carbonyl (C=O) groups is 2. The lowest BCUT2D eigenvalue weighted by atomic mass is 10.1. The molecule has 31 heavy (non-hydrogen) atoms. The highest BCUT2D eigenvalue weighted by atomic mass is 32.2. The zero-order chi connectivity index (χ0) is 22.4. The number of likely N-dealkylation sites (N-methyl/N-ethyl adjacent to an activating group) is 1. The van der Waals surface area contributed by atoms with E-state index < -0.39 is 15.7 Å². The Morgan fingerprint density at radius 3 is 2.35 bits per heavy atom. The number of benzene rings is 2. The smallest absolute Gasteiger partial charge is 0.290 e. The molecule has 0 fully saturated rings. The minimum absolute atomic E-state index is 0.0937. The van der Waals surface area contributed by atoms with Gasteiger partial charge in [-0.25, -0.2) is 8.42 Å². The second-order valence-corrected chi connectivity index (χ2v) is 9.06. The molecule has 1 aromatic heterocycles. The quantitative estimate of drug-likeness (QED) is 0.578. The Labute approximate surface area is 181 Å². The van der Waals surface area contributed by atoms with Crippen molar-refractivity contribution in [3.8, 4) is 0 Å². The lowest BCUT2D eigenvalue weighted by Crippen LogP contribution is -2.35. The second-order valence-electron chi connectivity index (χ2n) is 7.07. The van der Waals surface area contributed by atoms with Crippen molar-refractivity contribution in [3.63, 3.8) is 0 Å². The maximum absolute atomic E-state index is 12.8. The van der Waals surface area contributed by atoms with Crippen LogP contribution >= 0.6 is 0 Å². The first-order valence-corrected chi connectivity index (χ1v) is 11.4. The molecule has 0 radical (unpaired) electrons. The lowest BCUT2D eigenvalue weighted by Gasteiger charge is -2.17. The number of nitrogens with one attached hydrogen (secondary N) is 1. The van der Waals surface area contributed by atoms with E-state index in [-0.39, 0.29) is 34.4 Å². The standard InChI is InChI=1S/C23H24N2O5S/c1-3-17-9-7-8-12-20(17)24-21(26)15-25(2)23(27)22-18(13-14-30-22)16-31(28,29)19-10-5-4-6-11-19/h4-14H,3,15-16H2,1-2H3,(H,24,26). The van der Waals surface area contributed by atoms with Crippen LogP contribution in [0.15, 0.2) is 76.2 Å². The molecule has 162 valence electrons. The van der Waals surface area contributed by atoms with Crippen LogP contribution in [0.5, 0.6) is 0 Å². The average Bonchev–Trinajstić information content (AvgIpc) is 3.21. The van der Waals surface area contributed by atoms with Crippen molar-refractivity contribution >= 4 is 27.3 Å². The van der Waals surface area contributed by atoms with Crippen molar-refractivity contribution in [2.45, 2.75) is 24.0 Å². The van der Waals surface area contributed by atoms with Crippen LogP contribution in [-0.4, -0.2) is 38.7 Å². The monoisotopic (exact) mass is 440 g/mol. The maximum Gasteiger partial charge on any atom is 0.290 e. The minimum Gasteiger partial charge on any atom is -0.459 e. The second kappa shape index (κ2) is 9.61. The third-order valence-electron chi connectivity index (χ3n) is 4.79. The van der Waals surface area contributed by atoms with Gasteiger partial charge in [0.2, 0.25) is 5.91 Å². The Balaban J connectivity index is 1.69. The molecule has 0 unspecified atom stereocenters. The number of hydrogen-bond acceptors (Lipinski definition) is 5. The van der Waals surface area contributed by atoms with Crippen LogP contribution in [0.3, 0.4) is 0 Å². The summed E-state index contributed by atoms with van der Waals surface area (Å²) in [5.41, 5.74) is 1.94. The number of nitrogens with zero attached hydrogens (tertiary/aromatic N) is 1. The number of sulfone groups is 1. The van der Waals surface area contributed by atoms with E-state index in [1.54, 1.807) is 24.3 Å². The Hall–Kier alpha value is -3.39. The number of furan rings is 1. The zero-order valence-corrected chi connectivity index (χ0v) is 18.2. The molecule has 0 bridgehead atoms. The van der Waals surface area contributed by atoms with E-state index in [0.29, 0.717) is 5.69 Å². The van der Waals surface area contributed by atoms with E-state index in [0.717, 1.165) is 12.0 Å².